The molecule has 23 heavy (non-hydrogen) atoms. The number of hydrogen-bond acceptors (Lipinski definition) is 4. The van der Waals surface area contributed by atoms with Gasteiger partial charge in [0.25, 0.3) is 0 Å². The van der Waals surface area contributed by atoms with Crippen LogP contribution in [0.1, 0.15) is 52.9 Å². The van der Waals surface area contributed by atoms with Crippen molar-refractivity contribution in [1.82, 2.24) is 9.80 Å². The van der Waals surface area contributed by atoms with Crippen molar-refractivity contribution >= 4 is 12.1 Å². The minimum absolute atomic E-state index is 0.148. The maximum absolute atomic E-state index is 12.5. The molecule has 1 saturated carbocycles. The van der Waals surface area contributed by atoms with Crippen LogP contribution in [-0.2, 0) is 9.53 Å². The van der Waals surface area contributed by atoms with Crippen molar-refractivity contribution in [2.75, 3.05) is 27.2 Å². The van der Waals surface area contributed by atoms with Crippen molar-refractivity contribution in [1.29, 1.82) is 0 Å². The Morgan fingerprint density at radius 1 is 1.09 bits per heavy atom. The molecule has 134 valence electrons. The molecule has 0 aliphatic heterocycles. The molecule has 0 aromatic carbocycles. The first kappa shape index (κ1) is 19.7. The van der Waals surface area contributed by atoms with Crippen molar-refractivity contribution in [3.8, 4) is 0 Å². The van der Waals surface area contributed by atoms with E-state index in [2.05, 4.69) is 0 Å². The Bertz CT molecular complexity index is 396. The fourth-order valence-electron chi connectivity index (χ4n) is 2.96. The molecule has 0 aromatic heterocycles. The molecule has 0 unspecified atom stereocenters. The Morgan fingerprint density at radius 2 is 1.65 bits per heavy atom. The number of carboxylic acids is 1. The first-order valence-corrected chi connectivity index (χ1v) is 8.44. The van der Waals surface area contributed by atoms with Gasteiger partial charge in [-0.05, 0) is 66.5 Å². The van der Waals surface area contributed by atoms with Crippen molar-refractivity contribution in [2.45, 2.75) is 64.5 Å². The van der Waals surface area contributed by atoms with E-state index in [1.165, 1.54) is 0 Å². The number of hydrogen-bond donors (Lipinski definition) is 1. The zero-order chi connectivity index (χ0) is 17.6. The molecule has 0 heterocycles. The average Bonchev–Trinajstić information content (AvgIpc) is 2.37. The second-order valence-electron chi connectivity index (χ2n) is 7.75. The number of likely N-dealkylation sites (N-methyl/N-ethyl adjacent to an activating group) is 1. The summed E-state index contributed by atoms with van der Waals surface area (Å²) in [7, 11) is 3.97. The number of nitrogens with zero attached hydrogens (tertiary/aromatic N) is 2. The van der Waals surface area contributed by atoms with Gasteiger partial charge in [0, 0.05) is 25.6 Å². The number of amides is 1. The molecule has 0 saturated heterocycles. The lowest BCUT2D eigenvalue weighted by atomic mass is 9.83. The van der Waals surface area contributed by atoms with Gasteiger partial charge in [-0.25, -0.2) is 4.79 Å². The lowest BCUT2D eigenvalue weighted by molar-refractivity contribution is -0.138. The van der Waals surface area contributed by atoms with Gasteiger partial charge in [-0.1, -0.05) is 0 Å². The van der Waals surface area contributed by atoms with Gasteiger partial charge in [0.05, 0.1) is 0 Å². The third-order valence-electron chi connectivity index (χ3n) is 4.14. The van der Waals surface area contributed by atoms with Gasteiger partial charge >= 0.3 is 12.1 Å². The minimum Gasteiger partial charge on any atom is -0.481 e. The van der Waals surface area contributed by atoms with E-state index in [1.54, 1.807) is 0 Å². The minimum atomic E-state index is -0.731. The van der Waals surface area contributed by atoms with E-state index in [0.717, 1.165) is 32.2 Å². The van der Waals surface area contributed by atoms with Crippen LogP contribution in [-0.4, -0.2) is 65.8 Å². The summed E-state index contributed by atoms with van der Waals surface area (Å²) in [6, 6.07) is 0.148. The van der Waals surface area contributed by atoms with Gasteiger partial charge in [-0.2, -0.15) is 0 Å². The van der Waals surface area contributed by atoms with Crippen LogP contribution in [0.15, 0.2) is 0 Å². The van der Waals surface area contributed by atoms with Crippen LogP contribution in [0.25, 0.3) is 0 Å². The molecule has 1 aliphatic carbocycles. The summed E-state index contributed by atoms with van der Waals surface area (Å²) in [5, 5.41) is 8.91. The van der Waals surface area contributed by atoms with Crippen LogP contribution in [0.2, 0.25) is 0 Å². The fraction of sp³-hybridized carbons (Fsp3) is 0.882. The Kier molecular flexibility index (Phi) is 7.32. The van der Waals surface area contributed by atoms with Gasteiger partial charge in [0.1, 0.15) is 5.60 Å². The Labute approximate surface area is 139 Å². The van der Waals surface area contributed by atoms with Crippen LogP contribution in [0.3, 0.4) is 0 Å². The Morgan fingerprint density at radius 3 is 2.09 bits per heavy atom. The lowest BCUT2D eigenvalue weighted by Gasteiger charge is -2.38. The zero-order valence-corrected chi connectivity index (χ0v) is 15.2. The first-order chi connectivity index (χ1) is 10.6. The molecular formula is C17H32N2O4. The molecule has 0 radical (unpaired) electrons. The number of aliphatic carboxylic acids is 1. The molecule has 0 spiro atoms. The molecule has 6 nitrogen and oxygen atoms in total. The molecule has 0 aromatic rings. The molecule has 1 N–H and O–H groups in total. The predicted molar refractivity (Wildman–Crippen MR) is 89.5 cm³/mol. The van der Waals surface area contributed by atoms with Gasteiger partial charge in [0.2, 0.25) is 0 Å². The molecule has 0 bridgehead atoms. The molecular weight excluding hydrogens is 296 g/mol. The summed E-state index contributed by atoms with van der Waals surface area (Å²) in [6.45, 7) is 7.04. The maximum atomic E-state index is 12.5. The van der Waals surface area contributed by atoms with Crippen LogP contribution in [0.4, 0.5) is 4.79 Å². The van der Waals surface area contributed by atoms with E-state index < -0.39 is 11.6 Å². The number of carboxylic acid groups (broad SMARTS) is 1. The van der Waals surface area contributed by atoms with Gasteiger partial charge < -0.3 is 19.6 Å². The van der Waals surface area contributed by atoms with E-state index in [4.69, 9.17) is 9.84 Å². The quantitative estimate of drug-likeness (QED) is 0.812. The van der Waals surface area contributed by atoms with Crippen LogP contribution in [0, 0.1) is 5.92 Å². The molecule has 1 aliphatic rings. The highest BCUT2D eigenvalue weighted by atomic mass is 16.6. The summed E-state index contributed by atoms with van der Waals surface area (Å²) >= 11 is 0. The van der Waals surface area contributed by atoms with Crippen LogP contribution < -0.4 is 0 Å². The van der Waals surface area contributed by atoms with E-state index in [0.29, 0.717) is 6.54 Å². The number of carbonyl (C=O) groups is 2. The molecule has 1 amide bonds. The first-order valence-electron chi connectivity index (χ1n) is 8.44. The summed E-state index contributed by atoms with van der Waals surface area (Å²) in [5.41, 5.74) is -0.506. The zero-order valence-electron chi connectivity index (χ0n) is 15.2. The van der Waals surface area contributed by atoms with E-state index >= 15 is 0 Å². The summed E-state index contributed by atoms with van der Waals surface area (Å²) in [6.07, 6.45) is 3.39. The van der Waals surface area contributed by atoms with Gasteiger partial charge in [-0.15, -0.1) is 0 Å². The number of rotatable bonds is 6. The summed E-state index contributed by atoms with van der Waals surface area (Å²) < 4.78 is 5.55. The van der Waals surface area contributed by atoms with Crippen LogP contribution >= 0.6 is 0 Å². The second-order valence-corrected chi connectivity index (χ2v) is 7.75. The van der Waals surface area contributed by atoms with Crippen LogP contribution in [0.5, 0.6) is 0 Å². The third kappa shape index (κ3) is 7.68. The Balaban J connectivity index is 2.65. The topological polar surface area (TPSA) is 70.1 Å². The standard InChI is InChI=1S/C17H32N2O4/c1-17(2,3)23-16(22)19(11-10-18(4)5)14-8-6-13(7-9-14)12-15(20)21/h13-14H,6-12H2,1-5H3,(H,20,21). The normalized spacial score (nSPS) is 22.0. The molecule has 0 atom stereocenters. The fourth-order valence-corrected chi connectivity index (χ4v) is 2.96. The molecule has 1 fully saturated rings. The summed E-state index contributed by atoms with van der Waals surface area (Å²) in [4.78, 5) is 27.2. The number of carbonyl (C=O) groups excluding carboxylic acids is 1. The van der Waals surface area contributed by atoms with E-state index in [-0.39, 0.29) is 24.5 Å². The van der Waals surface area contributed by atoms with Crippen molar-refractivity contribution in [3.05, 3.63) is 0 Å². The van der Waals surface area contributed by atoms with E-state index in [9.17, 15) is 9.59 Å². The highest BCUT2D eigenvalue weighted by Crippen LogP contribution is 2.30. The maximum Gasteiger partial charge on any atom is 0.410 e. The SMILES string of the molecule is CN(C)CCN(C(=O)OC(C)(C)C)C1CCC(CC(=O)O)CC1. The largest absolute Gasteiger partial charge is 0.481 e. The highest BCUT2D eigenvalue weighted by Gasteiger charge is 2.32. The highest BCUT2D eigenvalue weighted by molar-refractivity contribution is 5.68. The average molecular weight is 328 g/mol. The van der Waals surface area contributed by atoms with Crippen molar-refractivity contribution < 1.29 is 19.4 Å². The van der Waals surface area contributed by atoms with Gasteiger partial charge in [-0.3, -0.25) is 4.79 Å². The predicted octanol–water partition coefficient (Wildman–Crippen LogP) is 2.82. The monoisotopic (exact) mass is 328 g/mol. The van der Waals surface area contributed by atoms with Crippen molar-refractivity contribution in [2.24, 2.45) is 5.92 Å². The molecule has 6 heteroatoms. The third-order valence-corrected chi connectivity index (χ3v) is 4.14. The summed E-state index contributed by atoms with van der Waals surface area (Å²) in [5.74, 6) is -0.497. The second kappa shape index (κ2) is 8.52. The number of ether oxygens (including phenoxy) is 1. The van der Waals surface area contributed by atoms with E-state index in [1.807, 2.05) is 44.7 Å². The molecule has 1 rings (SSSR count). The Hall–Kier alpha value is -1.30. The smallest absolute Gasteiger partial charge is 0.410 e. The lowest BCUT2D eigenvalue weighted by Crippen LogP contribution is -2.47. The van der Waals surface area contributed by atoms with Crippen molar-refractivity contribution in [3.63, 3.8) is 0 Å². The van der Waals surface area contributed by atoms with Gasteiger partial charge in [0.15, 0.2) is 0 Å².